The topological polar surface area (TPSA) is 18.5 Å². The molecule has 0 aromatic heterocycles. The molecule has 1 rings (SSSR count). The first kappa shape index (κ1) is 13.5. The first-order valence-electron chi connectivity index (χ1n) is 5.79. The third-order valence-electron chi connectivity index (χ3n) is 3.11. The quantitative estimate of drug-likeness (QED) is 0.735. The van der Waals surface area contributed by atoms with Gasteiger partial charge in [0.05, 0.1) is 12.7 Å². The highest BCUT2D eigenvalue weighted by molar-refractivity contribution is 9.09. The summed E-state index contributed by atoms with van der Waals surface area (Å²) in [4.78, 5) is 0. The van der Waals surface area contributed by atoms with Crippen molar-refractivity contribution in [3.63, 3.8) is 0 Å². The molecule has 0 radical (unpaired) electrons. The molecule has 0 aromatic rings. The Labute approximate surface area is 102 Å². The minimum absolute atomic E-state index is 0.314. The molecule has 15 heavy (non-hydrogen) atoms. The molecule has 1 saturated heterocycles. The van der Waals surface area contributed by atoms with Crippen LogP contribution in [-0.4, -0.2) is 31.3 Å². The Morgan fingerprint density at radius 3 is 2.40 bits per heavy atom. The molecule has 1 fully saturated rings. The van der Waals surface area contributed by atoms with Crippen molar-refractivity contribution in [3.8, 4) is 0 Å². The van der Waals surface area contributed by atoms with Gasteiger partial charge in [0, 0.05) is 18.5 Å². The summed E-state index contributed by atoms with van der Waals surface area (Å²) in [6.45, 7) is 9.39. The average Bonchev–Trinajstić information content (AvgIpc) is 2.18. The van der Waals surface area contributed by atoms with Gasteiger partial charge in [-0.3, -0.25) is 0 Å². The van der Waals surface area contributed by atoms with Crippen LogP contribution in [0.15, 0.2) is 0 Å². The number of rotatable bonds is 4. The van der Waals surface area contributed by atoms with Crippen LogP contribution in [0.4, 0.5) is 0 Å². The maximum Gasteiger partial charge on any atom is 0.0619 e. The molecule has 1 atom stereocenters. The molecule has 1 heterocycles. The number of ether oxygens (including phenoxy) is 2. The molecule has 0 N–H and O–H groups in total. The Hall–Kier alpha value is 0.400. The van der Waals surface area contributed by atoms with E-state index in [9.17, 15) is 0 Å². The van der Waals surface area contributed by atoms with E-state index in [-0.39, 0.29) is 0 Å². The summed E-state index contributed by atoms with van der Waals surface area (Å²) in [6.07, 6.45) is 2.53. The minimum atomic E-state index is 0.314. The third kappa shape index (κ3) is 4.83. The van der Waals surface area contributed by atoms with E-state index >= 15 is 0 Å². The van der Waals surface area contributed by atoms with Crippen LogP contribution in [0.5, 0.6) is 0 Å². The van der Waals surface area contributed by atoms with Crippen LogP contribution in [-0.2, 0) is 9.47 Å². The molecule has 0 aromatic carbocycles. The summed E-state index contributed by atoms with van der Waals surface area (Å²) in [6, 6.07) is 0. The first-order chi connectivity index (χ1) is 7.04. The van der Waals surface area contributed by atoms with Crippen molar-refractivity contribution in [1.82, 2.24) is 0 Å². The van der Waals surface area contributed by atoms with Gasteiger partial charge in [-0.05, 0) is 24.2 Å². The molecule has 0 saturated carbocycles. The van der Waals surface area contributed by atoms with Gasteiger partial charge in [0.25, 0.3) is 0 Å². The highest BCUT2D eigenvalue weighted by atomic mass is 79.9. The van der Waals surface area contributed by atoms with Crippen LogP contribution in [0.25, 0.3) is 0 Å². The second-order valence-electron chi connectivity index (χ2n) is 5.36. The Balaban J connectivity index is 2.27. The van der Waals surface area contributed by atoms with Crippen LogP contribution >= 0.6 is 15.9 Å². The van der Waals surface area contributed by atoms with Crippen LogP contribution in [0.1, 0.15) is 33.6 Å². The van der Waals surface area contributed by atoms with Crippen molar-refractivity contribution >= 4 is 15.9 Å². The lowest BCUT2D eigenvalue weighted by molar-refractivity contribution is -0.0508. The smallest absolute Gasteiger partial charge is 0.0619 e. The number of hydrogen-bond donors (Lipinski definition) is 0. The molecule has 1 unspecified atom stereocenters. The van der Waals surface area contributed by atoms with Gasteiger partial charge in [-0.25, -0.2) is 0 Å². The summed E-state index contributed by atoms with van der Waals surface area (Å²) in [5.41, 5.74) is 0.314. The summed E-state index contributed by atoms with van der Waals surface area (Å²) < 4.78 is 11.3. The van der Waals surface area contributed by atoms with Crippen LogP contribution in [0.2, 0.25) is 0 Å². The Morgan fingerprint density at radius 2 is 1.93 bits per heavy atom. The van der Waals surface area contributed by atoms with Gasteiger partial charge in [0.1, 0.15) is 0 Å². The zero-order valence-electron chi connectivity index (χ0n) is 10.1. The molecular weight excluding hydrogens is 256 g/mol. The van der Waals surface area contributed by atoms with Gasteiger partial charge in [0.2, 0.25) is 0 Å². The lowest BCUT2D eigenvalue weighted by atomic mass is 9.82. The van der Waals surface area contributed by atoms with Crippen molar-refractivity contribution < 1.29 is 9.47 Å². The van der Waals surface area contributed by atoms with Crippen molar-refractivity contribution in [2.45, 2.75) is 39.7 Å². The van der Waals surface area contributed by atoms with Gasteiger partial charge < -0.3 is 9.47 Å². The lowest BCUT2D eigenvalue weighted by Crippen LogP contribution is -2.31. The second kappa shape index (κ2) is 6.21. The SMILES string of the molecule is CC(C)(C)C(CBr)COC1CCOCC1. The highest BCUT2D eigenvalue weighted by Gasteiger charge is 2.25. The van der Waals surface area contributed by atoms with Crippen LogP contribution < -0.4 is 0 Å². The van der Waals surface area contributed by atoms with Gasteiger partial charge in [-0.1, -0.05) is 36.7 Å². The number of alkyl halides is 1. The van der Waals surface area contributed by atoms with Crippen molar-refractivity contribution in [1.29, 1.82) is 0 Å². The molecule has 3 heteroatoms. The molecule has 0 spiro atoms. The molecular formula is C12H23BrO2. The molecule has 0 aliphatic carbocycles. The largest absolute Gasteiger partial charge is 0.381 e. The van der Waals surface area contributed by atoms with Gasteiger partial charge in [0.15, 0.2) is 0 Å². The molecule has 1 aliphatic heterocycles. The fourth-order valence-corrected chi connectivity index (χ4v) is 2.78. The predicted octanol–water partition coefficient (Wildman–Crippen LogP) is 3.24. The maximum atomic E-state index is 5.95. The number of halogens is 1. The van der Waals surface area contributed by atoms with E-state index in [4.69, 9.17) is 9.47 Å². The monoisotopic (exact) mass is 278 g/mol. The van der Waals surface area contributed by atoms with E-state index in [2.05, 4.69) is 36.7 Å². The molecule has 0 amide bonds. The maximum absolute atomic E-state index is 5.95. The summed E-state index contributed by atoms with van der Waals surface area (Å²) >= 11 is 3.57. The van der Waals surface area contributed by atoms with E-state index in [1.807, 2.05) is 0 Å². The van der Waals surface area contributed by atoms with E-state index in [1.165, 1.54) is 0 Å². The van der Waals surface area contributed by atoms with Crippen molar-refractivity contribution in [2.24, 2.45) is 11.3 Å². The Morgan fingerprint density at radius 1 is 1.33 bits per heavy atom. The zero-order chi connectivity index (χ0) is 11.3. The fourth-order valence-electron chi connectivity index (χ4n) is 1.62. The predicted molar refractivity (Wildman–Crippen MR) is 66.5 cm³/mol. The third-order valence-corrected chi connectivity index (χ3v) is 3.89. The summed E-state index contributed by atoms with van der Waals surface area (Å²) in [7, 11) is 0. The Bertz CT molecular complexity index is 171. The molecule has 90 valence electrons. The Kier molecular flexibility index (Phi) is 5.58. The van der Waals surface area contributed by atoms with Gasteiger partial charge in [-0.2, -0.15) is 0 Å². The fraction of sp³-hybridized carbons (Fsp3) is 1.00. The van der Waals surface area contributed by atoms with E-state index < -0.39 is 0 Å². The molecule has 1 aliphatic rings. The second-order valence-corrected chi connectivity index (χ2v) is 6.01. The molecule has 2 nitrogen and oxygen atoms in total. The lowest BCUT2D eigenvalue weighted by Gasteiger charge is -2.31. The van der Waals surface area contributed by atoms with E-state index in [0.29, 0.717) is 17.4 Å². The summed E-state index contributed by atoms with van der Waals surface area (Å²) in [5, 5.41) is 1.01. The van der Waals surface area contributed by atoms with Crippen molar-refractivity contribution in [2.75, 3.05) is 25.2 Å². The summed E-state index contributed by atoms with van der Waals surface area (Å²) in [5.74, 6) is 0.584. The van der Waals surface area contributed by atoms with Crippen molar-refractivity contribution in [3.05, 3.63) is 0 Å². The first-order valence-corrected chi connectivity index (χ1v) is 6.91. The normalized spacial score (nSPS) is 21.6. The zero-order valence-corrected chi connectivity index (χ0v) is 11.7. The van der Waals surface area contributed by atoms with E-state index in [0.717, 1.165) is 38.0 Å². The van der Waals surface area contributed by atoms with E-state index in [1.54, 1.807) is 0 Å². The molecule has 0 bridgehead atoms. The van der Waals surface area contributed by atoms with Gasteiger partial charge in [-0.15, -0.1) is 0 Å². The highest BCUT2D eigenvalue weighted by Crippen LogP contribution is 2.28. The van der Waals surface area contributed by atoms with Gasteiger partial charge >= 0.3 is 0 Å². The minimum Gasteiger partial charge on any atom is -0.381 e. The average molecular weight is 279 g/mol. The standard InChI is InChI=1S/C12H23BrO2/c1-12(2,3)10(8-13)9-15-11-4-6-14-7-5-11/h10-11H,4-9H2,1-3H3. The van der Waals surface area contributed by atoms with Crippen LogP contribution in [0, 0.1) is 11.3 Å². The number of hydrogen-bond acceptors (Lipinski definition) is 2. The van der Waals surface area contributed by atoms with Crippen LogP contribution in [0.3, 0.4) is 0 Å².